The van der Waals surface area contributed by atoms with Crippen molar-refractivity contribution in [2.75, 3.05) is 18.5 Å². The molecule has 4 rings (SSSR count). The standard InChI is InChI=1S/C22H21ClN4O/c1-15-8-9-17(12-19(15)23)27-13-18(16-6-3-2-4-7-16)20-21(24-10-5-11-28)25-14-26-22(20)27/h2-4,6-9,12-14,28H,5,10-11H2,1H3,(H,24,25,26). The molecule has 2 aromatic heterocycles. The third-order valence-corrected chi connectivity index (χ3v) is 5.14. The Morgan fingerprint density at radius 1 is 1.11 bits per heavy atom. The number of nitrogens with zero attached hydrogens (tertiary/aromatic N) is 3. The van der Waals surface area contributed by atoms with Gasteiger partial charge in [0.15, 0.2) is 5.65 Å². The lowest BCUT2D eigenvalue weighted by Gasteiger charge is -2.09. The van der Waals surface area contributed by atoms with E-state index in [1.165, 1.54) is 0 Å². The number of halogens is 1. The van der Waals surface area contributed by atoms with E-state index >= 15 is 0 Å². The first-order valence-corrected chi connectivity index (χ1v) is 9.59. The van der Waals surface area contributed by atoms with Crippen molar-refractivity contribution in [3.63, 3.8) is 0 Å². The highest BCUT2D eigenvalue weighted by molar-refractivity contribution is 6.31. The Morgan fingerprint density at radius 3 is 2.68 bits per heavy atom. The van der Waals surface area contributed by atoms with Gasteiger partial charge in [0.2, 0.25) is 0 Å². The van der Waals surface area contributed by atoms with Gasteiger partial charge < -0.3 is 15.0 Å². The van der Waals surface area contributed by atoms with Gasteiger partial charge in [-0.05, 0) is 36.6 Å². The highest BCUT2D eigenvalue weighted by Crippen LogP contribution is 2.35. The lowest BCUT2D eigenvalue weighted by molar-refractivity contribution is 0.292. The van der Waals surface area contributed by atoms with Gasteiger partial charge in [0.05, 0.1) is 5.39 Å². The number of anilines is 1. The van der Waals surface area contributed by atoms with Gasteiger partial charge in [-0.25, -0.2) is 9.97 Å². The minimum atomic E-state index is 0.135. The fraction of sp³-hybridized carbons (Fsp3) is 0.182. The van der Waals surface area contributed by atoms with Crippen LogP contribution in [0.1, 0.15) is 12.0 Å². The molecule has 0 radical (unpaired) electrons. The van der Waals surface area contributed by atoms with Crippen molar-refractivity contribution in [1.29, 1.82) is 0 Å². The summed E-state index contributed by atoms with van der Waals surface area (Å²) in [7, 11) is 0. The fourth-order valence-electron chi connectivity index (χ4n) is 3.25. The minimum absolute atomic E-state index is 0.135. The van der Waals surface area contributed by atoms with E-state index in [0.29, 0.717) is 13.0 Å². The Labute approximate surface area is 168 Å². The molecule has 2 heterocycles. The maximum Gasteiger partial charge on any atom is 0.150 e. The average molecular weight is 393 g/mol. The van der Waals surface area contributed by atoms with Crippen molar-refractivity contribution in [3.05, 3.63) is 71.6 Å². The Hall–Kier alpha value is -2.89. The van der Waals surface area contributed by atoms with Crippen LogP contribution in [0.25, 0.3) is 27.8 Å². The van der Waals surface area contributed by atoms with E-state index in [1.54, 1.807) is 6.33 Å². The van der Waals surface area contributed by atoms with Crippen LogP contribution in [0, 0.1) is 6.92 Å². The second-order valence-electron chi connectivity index (χ2n) is 6.64. The molecule has 0 spiro atoms. The van der Waals surface area contributed by atoms with E-state index in [0.717, 1.165) is 44.3 Å². The summed E-state index contributed by atoms with van der Waals surface area (Å²) in [6, 6.07) is 16.2. The van der Waals surface area contributed by atoms with Crippen molar-refractivity contribution in [1.82, 2.24) is 14.5 Å². The topological polar surface area (TPSA) is 63.0 Å². The molecule has 2 aromatic carbocycles. The molecular formula is C22H21ClN4O. The summed E-state index contributed by atoms with van der Waals surface area (Å²) in [6.45, 7) is 2.76. The zero-order valence-corrected chi connectivity index (χ0v) is 16.3. The Morgan fingerprint density at radius 2 is 1.93 bits per heavy atom. The van der Waals surface area contributed by atoms with Gasteiger partial charge in [-0.1, -0.05) is 48.0 Å². The number of aliphatic hydroxyl groups excluding tert-OH is 1. The first-order chi connectivity index (χ1) is 13.7. The van der Waals surface area contributed by atoms with Crippen LogP contribution < -0.4 is 5.32 Å². The van der Waals surface area contributed by atoms with Crippen molar-refractivity contribution in [3.8, 4) is 16.8 Å². The van der Waals surface area contributed by atoms with Gasteiger partial charge in [-0.3, -0.25) is 0 Å². The maximum absolute atomic E-state index is 9.10. The molecule has 2 N–H and O–H groups in total. The van der Waals surface area contributed by atoms with Crippen molar-refractivity contribution in [2.24, 2.45) is 0 Å². The van der Waals surface area contributed by atoms with Crippen LogP contribution in [0.5, 0.6) is 0 Å². The Balaban J connectivity index is 1.94. The molecule has 0 amide bonds. The lowest BCUT2D eigenvalue weighted by Crippen LogP contribution is -2.06. The summed E-state index contributed by atoms with van der Waals surface area (Å²) in [5, 5.41) is 14.1. The van der Waals surface area contributed by atoms with E-state index in [2.05, 4.69) is 33.6 Å². The van der Waals surface area contributed by atoms with Crippen LogP contribution in [0.4, 0.5) is 5.82 Å². The fourth-order valence-corrected chi connectivity index (χ4v) is 3.42. The highest BCUT2D eigenvalue weighted by Gasteiger charge is 2.17. The van der Waals surface area contributed by atoms with Crippen molar-refractivity contribution >= 4 is 28.5 Å². The third kappa shape index (κ3) is 3.46. The quantitative estimate of drug-likeness (QED) is 0.461. The van der Waals surface area contributed by atoms with Crippen LogP contribution in [0.15, 0.2) is 61.1 Å². The van der Waals surface area contributed by atoms with Gasteiger partial charge in [-0.15, -0.1) is 0 Å². The van der Waals surface area contributed by atoms with E-state index in [4.69, 9.17) is 16.7 Å². The SMILES string of the molecule is Cc1ccc(-n2cc(-c3ccccc3)c3c(NCCCO)ncnc32)cc1Cl. The zero-order chi connectivity index (χ0) is 19.5. The predicted octanol–water partition coefficient (Wildman–Crippen LogP) is 4.84. The molecule has 0 bridgehead atoms. The second-order valence-corrected chi connectivity index (χ2v) is 7.04. The molecule has 0 saturated carbocycles. The van der Waals surface area contributed by atoms with Crippen LogP contribution in [0.3, 0.4) is 0 Å². The second kappa shape index (κ2) is 8.00. The van der Waals surface area contributed by atoms with Crippen LogP contribution in [-0.2, 0) is 0 Å². The number of hydrogen-bond donors (Lipinski definition) is 2. The highest BCUT2D eigenvalue weighted by atomic mass is 35.5. The van der Waals surface area contributed by atoms with Crippen molar-refractivity contribution in [2.45, 2.75) is 13.3 Å². The van der Waals surface area contributed by atoms with E-state index in [1.807, 2.05) is 47.9 Å². The number of nitrogens with one attached hydrogen (secondary N) is 1. The average Bonchev–Trinajstić information content (AvgIpc) is 3.11. The Bertz CT molecular complexity index is 1110. The lowest BCUT2D eigenvalue weighted by atomic mass is 10.1. The maximum atomic E-state index is 9.10. The molecule has 0 aliphatic rings. The summed E-state index contributed by atoms with van der Waals surface area (Å²) in [6.07, 6.45) is 4.29. The predicted molar refractivity (Wildman–Crippen MR) is 114 cm³/mol. The minimum Gasteiger partial charge on any atom is -0.396 e. The number of hydrogen-bond acceptors (Lipinski definition) is 4. The molecule has 6 heteroatoms. The van der Waals surface area contributed by atoms with Gasteiger partial charge >= 0.3 is 0 Å². The molecule has 0 saturated heterocycles. The summed E-state index contributed by atoms with van der Waals surface area (Å²) in [5.41, 5.74) is 4.91. The first kappa shape index (κ1) is 18.5. The zero-order valence-electron chi connectivity index (χ0n) is 15.6. The summed E-state index contributed by atoms with van der Waals surface area (Å²) < 4.78 is 2.04. The molecule has 28 heavy (non-hydrogen) atoms. The van der Waals surface area contributed by atoms with Crippen molar-refractivity contribution < 1.29 is 5.11 Å². The number of rotatable bonds is 6. The van der Waals surface area contributed by atoms with Crippen LogP contribution in [0.2, 0.25) is 5.02 Å². The molecule has 0 atom stereocenters. The number of aromatic nitrogens is 3. The monoisotopic (exact) mass is 392 g/mol. The smallest absolute Gasteiger partial charge is 0.150 e. The first-order valence-electron chi connectivity index (χ1n) is 9.22. The van der Waals surface area contributed by atoms with Crippen LogP contribution >= 0.6 is 11.6 Å². The number of aliphatic hydroxyl groups is 1. The van der Waals surface area contributed by atoms with E-state index < -0.39 is 0 Å². The number of aryl methyl sites for hydroxylation is 1. The van der Waals surface area contributed by atoms with Gasteiger partial charge in [-0.2, -0.15) is 0 Å². The largest absolute Gasteiger partial charge is 0.396 e. The van der Waals surface area contributed by atoms with Gasteiger partial charge in [0.1, 0.15) is 12.1 Å². The normalized spacial score (nSPS) is 11.1. The molecule has 0 aliphatic heterocycles. The van der Waals surface area contributed by atoms with E-state index in [9.17, 15) is 0 Å². The molecule has 0 fully saturated rings. The Kier molecular flexibility index (Phi) is 5.28. The third-order valence-electron chi connectivity index (χ3n) is 4.73. The molecule has 142 valence electrons. The molecule has 4 aromatic rings. The van der Waals surface area contributed by atoms with Gasteiger partial charge in [0.25, 0.3) is 0 Å². The van der Waals surface area contributed by atoms with E-state index in [-0.39, 0.29) is 6.61 Å². The summed E-state index contributed by atoms with van der Waals surface area (Å²) in [5.74, 6) is 0.759. The number of fused-ring (bicyclic) bond motifs is 1. The molecule has 0 aliphatic carbocycles. The van der Waals surface area contributed by atoms with Crippen LogP contribution in [-0.4, -0.2) is 32.8 Å². The number of benzene rings is 2. The molecule has 0 unspecified atom stereocenters. The summed E-state index contributed by atoms with van der Waals surface area (Å²) >= 11 is 6.37. The summed E-state index contributed by atoms with van der Waals surface area (Å²) in [4.78, 5) is 9.02. The molecule has 5 nitrogen and oxygen atoms in total. The molecular weight excluding hydrogens is 372 g/mol. The van der Waals surface area contributed by atoms with Gasteiger partial charge in [0, 0.05) is 35.6 Å².